The zero-order valence-electron chi connectivity index (χ0n) is 21.7. The minimum absolute atomic E-state index is 0.166. The van der Waals surface area contributed by atoms with E-state index in [0.717, 1.165) is 24.0 Å². The number of carbonyl (C=O) groups excluding carboxylic acids is 1. The molecule has 0 heterocycles. The highest BCUT2D eigenvalue weighted by atomic mass is 32.1. The van der Waals surface area contributed by atoms with Crippen molar-refractivity contribution in [3.8, 4) is 5.75 Å². The summed E-state index contributed by atoms with van der Waals surface area (Å²) in [5.41, 5.74) is 1.86. The first-order chi connectivity index (χ1) is 17.8. The van der Waals surface area contributed by atoms with E-state index in [9.17, 15) is 14.7 Å². The summed E-state index contributed by atoms with van der Waals surface area (Å²) in [4.78, 5) is 25.1. The van der Waals surface area contributed by atoms with Crippen LogP contribution in [0.15, 0.2) is 54.6 Å². The summed E-state index contributed by atoms with van der Waals surface area (Å²) in [6.45, 7) is 4.50. The number of rotatable bonds is 12. The average molecular weight is 526 g/mol. The Kier molecular flexibility index (Phi) is 11.2. The first-order valence-electron chi connectivity index (χ1n) is 13.2. The summed E-state index contributed by atoms with van der Waals surface area (Å²) in [6.07, 6.45) is 6.45. The van der Waals surface area contributed by atoms with Crippen LogP contribution in [0.2, 0.25) is 0 Å². The minimum Gasteiger partial charge on any atom is -0.489 e. The van der Waals surface area contributed by atoms with E-state index in [-0.39, 0.29) is 18.2 Å². The molecular weight excluding hydrogens is 486 g/mol. The molecule has 0 radical (unpaired) electrons. The molecule has 3 rings (SSSR count). The van der Waals surface area contributed by atoms with Crippen molar-refractivity contribution >= 4 is 29.2 Å². The monoisotopic (exact) mass is 525 g/mol. The summed E-state index contributed by atoms with van der Waals surface area (Å²) in [5.74, 6) is -0.517. The van der Waals surface area contributed by atoms with Gasteiger partial charge in [0.25, 0.3) is 0 Å². The molecule has 200 valence electrons. The van der Waals surface area contributed by atoms with Gasteiger partial charge in [-0.1, -0.05) is 75.6 Å². The third kappa shape index (κ3) is 10.0. The second-order valence-electron chi connectivity index (χ2n) is 10.2. The molecule has 0 aromatic heterocycles. The molecule has 2 aromatic rings. The van der Waals surface area contributed by atoms with Crippen molar-refractivity contribution < 1.29 is 19.4 Å². The van der Waals surface area contributed by atoms with Gasteiger partial charge >= 0.3 is 5.97 Å². The highest BCUT2D eigenvalue weighted by Crippen LogP contribution is 2.18. The Morgan fingerprint density at radius 2 is 1.62 bits per heavy atom. The number of carboxylic acids is 1. The zero-order valence-corrected chi connectivity index (χ0v) is 22.6. The number of carboxylic acid groups (broad SMARTS) is 1. The quantitative estimate of drug-likeness (QED) is 0.301. The van der Waals surface area contributed by atoms with Gasteiger partial charge in [-0.2, -0.15) is 0 Å². The minimum atomic E-state index is -1.08. The maximum atomic E-state index is 13.1. The topological polar surface area (TPSA) is 99.7 Å². The molecule has 4 N–H and O–H groups in total. The van der Waals surface area contributed by atoms with Crippen molar-refractivity contribution in [3.63, 3.8) is 0 Å². The number of ether oxygens (including phenoxy) is 1. The van der Waals surface area contributed by atoms with Crippen LogP contribution in [0.25, 0.3) is 0 Å². The third-order valence-corrected chi connectivity index (χ3v) is 6.73. The van der Waals surface area contributed by atoms with Gasteiger partial charge in [-0.15, -0.1) is 0 Å². The molecule has 1 saturated carbocycles. The van der Waals surface area contributed by atoms with Gasteiger partial charge in [-0.25, -0.2) is 4.79 Å². The van der Waals surface area contributed by atoms with E-state index in [1.165, 1.54) is 19.3 Å². The molecule has 8 heteroatoms. The van der Waals surface area contributed by atoms with Crippen molar-refractivity contribution in [3.05, 3.63) is 65.7 Å². The Morgan fingerprint density at radius 3 is 2.24 bits per heavy atom. The highest BCUT2D eigenvalue weighted by Gasteiger charge is 2.27. The second kappa shape index (κ2) is 14.6. The van der Waals surface area contributed by atoms with Crippen molar-refractivity contribution in [2.24, 2.45) is 5.92 Å². The van der Waals surface area contributed by atoms with E-state index in [2.05, 4.69) is 16.0 Å². The molecule has 1 aliphatic rings. The standard InChI is InChI=1S/C29H39N3O4S/c1-20(2)17-25(32-29(37)30-23-11-7-4-8-12-23)27(33)31-26(28(34)35)18-21-13-15-24(16-14-21)36-19-22-9-5-3-6-10-22/h3,5-6,9-10,13-16,20,23,25-26H,4,7-8,11-12,17-19H2,1-2H3,(H,31,33)(H,34,35)(H2,30,32,37). The Labute approximate surface area is 225 Å². The lowest BCUT2D eigenvalue weighted by atomic mass is 9.96. The molecule has 1 fully saturated rings. The smallest absolute Gasteiger partial charge is 0.326 e. The van der Waals surface area contributed by atoms with E-state index in [1.54, 1.807) is 0 Å². The number of carbonyl (C=O) groups is 2. The van der Waals surface area contributed by atoms with Gasteiger partial charge in [-0.3, -0.25) is 4.79 Å². The number of hydrogen-bond acceptors (Lipinski definition) is 4. The fraction of sp³-hybridized carbons (Fsp3) is 0.483. The highest BCUT2D eigenvalue weighted by molar-refractivity contribution is 7.80. The molecule has 0 bridgehead atoms. The molecule has 0 spiro atoms. The van der Waals surface area contributed by atoms with Crippen molar-refractivity contribution in [2.75, 3.05) is 0 Å². The van der Waals surface area contributed by atoms with Crippen molar-refractivity contribution in [1.29, 1.82) is 0 Å². The summed E-state index contributed by atoms with van der Waals surface area (Å²) < 4.78 is 5.81. The van der Waals surface area contributed by atoms with Crippen LogP contribution in [0.5, 0.6) is 5.75 Å². The van der Waals surface area contributed by atoms with E-state index in [4.69, 9.17) is 17.0 Å². The van der Waals surface area contributed by atoms with E-state index in [1.807, 2.05) is 68.4 Å². The van der Waals surface area contributed by atoms with Gasteiger partial charge in [0, 0.05) is 12.5 Å². The van der Waals surface area contributed by atoms with E-state index >= 15 is 0 Å². The third-order valence-electron chi connectivity index (χ3n) is 6.50. The van der Waals surface area contributed by atoms with Crippen molar-refractivity contribution in [1.82, 2.24) is 16.0 Å². The molecule has 0 saturated heterocycles. The van der Waals surface area contributed by atoms with Gasteiger partial charge in [-0.05, 0) is 60.7 Å². The molecular formula is C29H39N3O4S. The molecule has 37 heavy (non-hydrogen) atoms. The predicted molar refractivity (Wildman–Crippen MR) is 149 cm³/mol. The number of nitrogens with one attached hydrogen (secondary N) is 3. The number of benzene rings is 2. The van der Waals surface area contributed by atoms with Crippen LogP contribution < -0.4 is 20.7 Å². The van der Waals surface area contributed by atoms with Gasteiger partial charge in [0.05, 0.1) is 0 Å². The number of hydrogen-bond donors (Lipinski definition) is 4. The van der Waals surface area contributed by atoms with Gasteiger partial charge in [0.1, 0.15) is 24.4 Å². The largest absolute Gasteiger partial charge is 0.489 e. The summed E-state index contributed by atoms with van der Waals surface area (Å²) in [7, 11) is 0. The van der Waals surface area contributed by atoms with Crippen LogP contribution in [-0.4, -0.2) is 40.2 Å². The normalized spacial score (nSPS) is 15.4. The van der Waals surface area contributed by atoms with Crippen molar-refractivity contribution in [2.45, 2.75) is 83.5 Å². The summed E-state index contributed by atoms with van der Waals surface area (Å²) in [5, 5.41) is 19.5. The number of thiocarbonyl (C=S) groups is 1. The molecule has 1 aliphatic carbocycles. The Morgan fingerprint density at radius 1 is 0.946 bits per heavy atom. The Balaban J connectivity index is 1.56. The SMILES string of the molecule is CC(C)CC(NC(=S)NC1CCCCC1)C(=O)NC(Cc1ccc(OCc2ccccc2)cc1)C(=O)O. The fourth-order valence-electron chi connectivity index (χ4n) is 4.51. The molecule has 0 aliphatic heterocycles. The van der Waals surface area contributed by atoms with Crippen LogP contribution in [0.4, 0.5) is 0 Å². The van der Waals surface area contributed by atoms with Gasteiger partial charge in [0.2, 0.25) is 5.91 Å². The lowest BCUT2D eigenvalue weighted by Crippen LogP contribution is -2.55. The summed E-state index contributed by atoms with van der Waals surface area (Å²) in [6, 6.07) is 15.8. The predicted octanol–water partition coefficient (Wildman–Crippen LogP) is 4.59. The number of amides is 1. The lowest BCUT2D eigenvalue weighted by Gasteiger charge is -2.28. The van der Waals surface area contributed by atoms with Crippen LogP contribution in [0.1, 0.15) is 63.5 Å². The van der Waals surface area contributed by atoms with Crippen LogP contribution in [-0.2, 0) is 22.6 Å². The summed E-state index contributed by atoms with van der Waals surface area (Å²) >= 11 is 5.49. The van der Waals surface area contributed by atoms with E-state index in [0.29, 0.717) is 29.9 Å². The first-order valence-corrected chi connectivity index (χ1v) is 13.6. The maximum absolute atomic E-state index is 13.1. The van der Waals surface area contributed by atoms with Crippen LogP contribution >= 0.6 is 12.2 Å². The molecule has 2 atom stereocenters. The van der Waals surface area contributed by atoms with E-state index < -0.39 is 18.1 Å². The average Bonchev–Trinajstić information content (AvgIpc) is 2.88. The first kappa shape index (κ1) is 28.4. The molecule has 2 unspecified atom stereocenters. The maximum Gasteiger partial charge on any atom is 0.326 e. The fourth-order valence-corrected chi connectivity index (χ4v) is 4.81. The molecule has 2 aromatic carbocycles. The molecule has 1 amide bonds. The van der Waals surface area contributed by atoms with Gasteiger partial charge < -0.3 is 25.8 Å². The second-order valence-corrected chi connectivity index (χ2v) is 10.6. The van der Waals surface area contributed by atoms with Gasteiger partial charge in [0.15, 0.2) is 5.11 Å². The molecule has 7 nitrogen and oxygen atoms in total. The number of aliphatic carboxylic acids is 1. The Bertz CT molecular complexity index is 1010. The van der Waals surface area contributed by atoms with Crippen LogP contribution in [0, 0.1) is 5.92 Å². The van der Waals surface area contributed by atoms with Crippen LogP contribution in [0.3, 0.4) is 0 Å². The lowest BCUT2D eigenvalue weighted by molar-refractivity contribution is -0.142. The zero-order chi connectivity index (χ0) is 26.6. The Hall–Kier alpha value is -3.13.